The van der Waals surface area contributed by atoms with Crippen LogP contribution in [-0.2, 0) is 28.5 Å². The predicted octanol–water partition coefficient (Wildman–Crippen LogP) is 12.0. The molecule has 0 amide bonds. The normalized spacial score (nSPS) is 27.8. The summed E-state index contributed by atoms with van der Waals surface area (Å²) in [5, 5.41) is 0. The standard InChI is InChI=1S/C50H68O6/c1-35(21-17-23-37(3)27-29-41-39(5)47(51)43(33-49(41,7)8)55-45-25-13-15-31-53-45)19-11-12-20-36(2)22-18-24-38(4)28-30-42-40(6)48(52)44(34-50(42,9)10)56-46-26-14-16-32-54-46/h11-12,17-24,27-30,43-46H,13-16,25-26,31-34H2,1-10H3/b12-11+,21-17+,22-18+,29-27+,30-28+,35-19+,36-20+,37-23+,38-24+. The molecular weight excluding hydrogens is 697 g/mol. The van der Waals surface area contributed by atoms with Crippen LogP contribution in [0.5, 0.6) is 0 Å². The van der Waals surface area contributed by atoms with E-state index in [-0.39, 0.29) is 35.0 Å². The fourth-order valence-corrected chi connectivity index (χ4v) is 7.79. The minimum atomic E-state index is -0.445. The second-order valence-corrected chi connectivity index (χ2v) is 17.2. The molecule has 4 rings (SSSR count). The van der Waals surface area contributed by atoms with E-state index in [4.69, 9.17) is 18.9 Å². The second kappa shape index (κ2) is 21.2. The third-order valence-corrected chi connectivity index (χ3v) is 11.2. The molecule has 2 saturated heterocycles. The lowest BCUT2D eigenvalue weighted by Gasteiger charge is -2.38. The van der Waals surface area contributed by atoms with Gasteiger partial charge in [-0.25, -0.2) is 0 Å². The largest absolute Gasteiger partial charge is 0.353 e. The van der Waals surface area contributed by atoms with Crippen molar-refractivity contribution in [1.82, 2.24) is 0 Å². The molecule has 0 spiro atoms. The van der Waals surface area contributed by atoms with Gasteiger partial charge in [0.15, 0.2) is 24.1 Å². The highest BCUT2D eigenvalue weighted by Crippen LogP contribution is 2.42. The van der Waals surface area contributed by atoms with Gasteiger partial charge in [0.2, 0.25) is 0 Å². The summed E-state index contributed by atoms with van der Waals surface area (Å²) in [6.45, 7) is 22.3. The predicted molar refractivity (Wildman–Crippen MR) is 230 cm³/mol. The zero-order valence-corrected chi connectivity index (χ0v) is 35.9. The van der Waals surface area contributed by atoms with Crippen molar-refractivity contribution >= 4 is 11.6 Å². The molecule has 0 saturated carbocycles. The van der Waals surface area contributed by atoms with E-state index in [0.29, 0.717) is 26.1 Å². The van der Waals surface area contributed by atoms with E-state index in [2.05, 4.69) is 128 Å². The molecular formula is C50H68O6. The molecule has 4 atom stereocenters. The number of ether oxygens (including phenoxy) is 4. The molecule has 0 N–H and O–H groups in total. The molecule has 0 aromatic heterocycles. The van der Waals surface area contributed by atoms with Crippen molar-refractivity contribution in [3.63, 3.8) is 0 Å². The third kappa shape index (κ3) is 13.5. The number of rotatable bonds is 14. The van der Waals surface area contributed by atoms with E-state index < -0.39 is 12.2 Å². The van der Waals surface area contributed by atoms with Crippen molar-refractivity contribution in [1.29, 1.82) is 0 Å². The first-order valence-corrected chi connectivity index (χ1v) is 20.7. The van der Waals surface area contributed by atoms with Crippen LogP contribution in [0.25, 0.3) is 0 Å². The smallest absolute Gasteiger partial charge is 0.187 e. The Morgan fingerprint density at radius 2 is 0.911 bits per heavy atom. The van der Waals surface area contributed by atoms with Crippen molar-refractivity contribution < 1.29 is 28.5 Å². The van der Waals surface area contributed by atoms with Crippen LogP contribution in [0.15, 0.2) is 130 Å². The van der Waals surface area contributed by atoms with Crippen LogP contribution in [-0.4, -0.2) is 49.6 Å². The van der Waals surface area contributed by atoms with Gasteiger partial charge in [0, 0.05) is 13.2 Å². The van der Waals surface area contributed by atoms with Gasteiger partial charge in [-0.2, -0.15) is 0 Å². The first-order valence-electron chi connectivity index (χ1n) is 20.7. The Morgan fingerprint density at radius 3 is 1.27 bits per heavy atom. The summed E-state index contributed by atoms with van der Waals surface area (Å²) in [6, 6.07) is 0. The molecule has 6 nitrogen and oxygen atoms in total. The monoisotopic (exact) mass is 765 g/mol. The Morgan fingerprint density at radius 1 is 0.554 bits per heavy atom. The van der Waals surface area contributed by atoms with Gasteiger partial charge in [-0.3, -0.25) is 9.59 Å². The highest BCUT2D eigenvalue weighted by molar-refractivity contribution is 6.01. The first-order chi connectivity index (χ1) is 26.6. The first kappa shape index (κ1) is 45.0. The average Bonchev–Trinajstić information content (AvgIpc) is 3.15. The number of Topliss-reactive ketones (excluding diaryl/α,β-unsaturated/α-hetero) is 2. The van der Waals surface area contributed by atoms with Gasteiger partial charge in [-0.15, -0.1) is 0 Å². The Balaban J connectivity index is 1.26. The fraction of sp³-hybridized carbons (Fsp3) is 0.520. The highest BCUT2D eigenvalue weighted by Gasteiger charge is 2.41. The van der Waals surface area contributed by atoms with Crippen LogP contribution in [0.4, 0.5) is 0 Å². The number of carbonyl (C=O) groups is 2. The van der Waals surface area contributed by atoms with E-state index in [1.165, 1.54) is 0 Å². The third-order valence-electron chi connectivity index (χ3n) is 11.2. The highest BCUT2D eigenvalue weighted by atomic mass is 16.7. The van der Waals surface area contributed by atoms with Crippen molar-refractivity contribution in [3.05, 3.63) is 130 Å². The van der Waals surface area contributed by atoms with Crippen molar-refractivity contribution in [2.75, 3.05) is 13.2 Å². The second-order valence-electron chi connectivity index (χ2n) is 17.2. The molecule has 0 radical (unpaired) electrons. The van der Waals surface area contributed by atoms with Crippen molar-refractivity contribution in [2.45, 2.75) is 145 Å². The van der Waals surface area contributed by atoms with Crippen molar-refractivity contribution in [2.24, 2.45) is 10.8 Å². The van der Waals surface area contributed by atoms with Crippen LogP contribution in [0.2, 0.25) is 0 Å². The van der Waals surface area contributed by atoms with Crippen LogP contribution in [0.1, 0.15) is 121 Å². The molecule has 0 aromatic rings. The molecule has 304 valence electrons. The molecule has 56 heavy (non-hydrogen) atoms. The minimum absolute atomic E-state index is 0.0724. The quantitative estimate of drug-likeness (QED) is 0.164. The zero-order valence-electron chi connectivity index (χ0n) is 35.9. The zero-order chi connectivity index (χ0) is 40.9. The minimum Gasteiger partial charge on any atom is -0.353 e. The van der Waals surface area contributed by atoms with Crippen LogP contribution < -0.4 is 0 Å². The molecule has 0 bridgehead atoms. The molecule has 0 aromatic carbocycles. The maximum Gasteiger partial charge on any atom is 0.187 e. The van der Waals surface area contributed by atoms with Crippen molar-refractivity contribution in [3.8, 4) is 0 Å². The number of hydrogen-bond donors (Lipinski definition) is 0. The number of carbonyl (C=O) groups excluding carboxylic acids is 2. The Bertz CT molecular complexity index is 1620. The molecule has 4 unspecified atom stereocenters. The lowest BCUT2D eigenvalue weighted by molar-refractivity contribution is -0.194. The van der Waals surface area contributed by atoms with E-state index in [1.807, 2.05) is 26.0 Å². The molecule has 6 heteroatoms. The summed E-state index contributed by atoms with van der Waals surface area (Å²) in [5.41, 5.74) is 7.85. The Hall–Kier alpha value is -3.68. The van der Waals surface area contributed by atoms with Gasteiger partial charge < -0.3 is 18.9 Å². The average molecular weight is 765 g/mol. The van der Waals surface area contributed by atoms with E-state index in [1.54, 1.807) is 0 Å². The van der Waals surface area contributed by atoms with Gasteiger partial charge >= 0.3 is 0 Å². The maximum absolute atomic E-state index is 13.2. The maximum atomic E-state index is 13.2. The summed E-state index contributed by atoms with van der Waals surface area (Å²) in [5.74, 6) is 0.145. The van der Waals surface area contributed by atoms with E-state index >= 15 is 0 Å². The van der Waals surface area contributed by atoms with Crippen LogP contribution in [0.3, 0.4) is 0 Å². The number of allylic oxidation sites excluding steroid dienone is 20. The van der Waals surface area contributed by atoms with Gasteiger partial charge in [0.05, 0.1) is 0 Å². The van der Waals surface area contributed by atoms with E-state index in [9.17, 15) is 9.59 Å². The Labute approximate surface area is 338 Å². The lowest BCUT2D eigenvalue weighted by atomic mass is 9.71. The van der Waals surface area contributed by atoms with Gasteiger partial charge in [0.1, 0.15) is 12.2 Å². The van der Waals surface area contributed by atoms with Crippen LogP contribution in [0, 0.1) is 10.8 Å². The van der Waals surface area contributed by atoms with Gasteiger partial charge in [-0.1, -0.05) is 135 Å². The summed E-state index contributed by atoms with van der Waals surface area (Å²) >= 11 is 0. The molecule has 2 aliphatic heterocycles. The fourth-order valence-electron chi connectivity index (χ4n) is 7.79. The number of ketones is 2. The molecule has 2 heterocycles. The molecule has 4 aliphatic rings. The Kier molecular flexibility index (Phi) is 17.0. The summed E-state index contributed by atoms with van der Waals surface area (Å²) in [7, 11) is 0. The molecule has 2 aliphatic carbocycles. The topological polar surface area (TPSA) is 71.1 Å². The summed E-state index contributed by atoms with van der Waals surface area (Å²) < 4.78 is 23.8. The van der Waals surface area contributed by atoms with E-state index in [0.717, 1.165) is 83.1 Å². The SMILES string of the molecule is CC1=C(/C=C/C(C)=C/C=C/C(C)=C/C=C/C=C(C)/C=C/C=C(C)/C=C/C2=C(C)C(=O)C(OC3CCCCO3)CC2(C)C)C(C)(C)CC(OC2CCCCO2)C1=O. The molecule has 2 fully saturated rings. The lowest BCUT2D eigenvalue weighted by Crippen LogP contribution is -2.41. The summed E-state index contributed by atoms with van der Waals surface area (Å²) in [6.07, 6.45) is 35.0. The van der Waals surface area contributed by atoms with Gasteiger partial charge in [0.25, 0.3) is 0 Å². The summed E-state index contributed by atoms with van der Waals surface area (Å²) in [4.78, 5) is 26.4. The van der Waals surface area contributed by atoms with Gasteiger partial charge in [-0.05, 0) is 126 Å². The van der Waals surface area contributed by atoms with Crippen LogP contribution >= 0.6 is 0 Å². The number of hydrogen-bond acceptors (Lipinski definition) is 6.